The molecule has 0 amide bonds. The van der Waals surface area contributed by atoms with Crippen molar-refractivity contribution >= 4 is 23.8 Å². The van der Waals surface area contributed by atoms with Gasteiger partial charge in [-0.15, -0.1) is 0 Å². The molecule has 2 N–H and O–H groups in total. The van der Waals surface area contributed by atoms with Crippen molar-refractivity contribution in [3.8, 4) is 5.75 Å². The van der Waals surface area contributed by atoms with E-state index in [0.29, 0.717) is 22.9 Å². The largest absolute Gasteiger partial charge is 0.489 e. The van der Waals surface area contributed by atoms with Crippen molar-refractivity contribution in [2.45, 2.75) is 27.0 Å². The highest BCUT2D eigenvalue weighted by atomic mass is 35.5. The van der Waals surface area contributed by atoms with E-state index in [1.54, 1.807) is 4.68 Å². The van der Waals surface area contributed by atoms with Crippen LogP contribution in [0.25, 0.3) is 0 Å². The molecular weight excluding hydrogens is 356 g/mol. The van der Waals surface area contributed by atoms with Crippen molar-refractivity contribution in [1.29, 1.82) is 0 Å². The second kappa shape index (κ2) is 7.72. The molecule has 5 nitrogen and oxygen atoms in total. The van der Waals surface area contributed by atoms with E-state index in [9.17, 15) is 0 Å². The number of aromatic nitrogens is 3. The van der Waals surface area contributed by atoms with E-state index in [2.05, 4.69) is 34.7 Å². The molecular formula is C18H19ClN4OS. The Morgan fingerprint density at radius 1 is 1.20 bits per heavy atom. The first kappa shape index (κ1) is 17.5. The Morgan fingerprint density at radius 2 is 2.00 bits per heavy atom. The fourth-order valence-electron chi connectivity index (χ4n) is 2.48. The lowest BCUT2D eigenvalue weighted by Gasteiger charge is -2.15. The first-order valence-corrected chi connectivity index (χ1v) is 8.67. The number of nitrogens with zero attached hydrogens (tertiary/aromatic N) is 2. The minimum atomic E-state index is 0.505. The third-order valence-corrected chi connectivity index (χ3v) is 4.44. The maximum absolute atomic E-state index is 6.15. The van der Waals surface area contributed by atoms with Crippen LogP contribution >= 0.6 is 23.8 Å². The van der Waals surface area contributed by atoms with Gasteiger partial charge in [0.25, 0.3) is 0 Å². The van der Waals surface area contributed by atoms with Crippen molar-refractivity contribution in [3.05, 3.63) is 74.8 Å². The van der Waals surface area contributed by atoms with Gasteiger partial charge in [-0.3, -0.25) is 5.10 Å². The fraction of sp³-hybridized carbons (Fsp3) is 0.222. The van der Waals surface area contributed by atoms with Crippen molar-refractivity contribution < 1.29 is 4.74 Å². The van der Waals surface area contributed by atoms with E-state index in [-0.39, 0.29) is 0 Å². The number of aryl methyl sites for hydroxylation is 2. The number of nitrogens with one attached hydrogen (secondary N) is 2. The van der Waals surface area contributed by atoms with Crippen LogP contribution in [0.15, 0.2) is 42.5 Å². The molecule has 2 aromatic carbocycles. The summed E-state index contributed by atoms with van der Waals surface area (Å²) >= 11 is 11.4. The van der Waals surface area contributed by atoms with Gasteiger partial charge in [0, 0.05) is 10.6 Å². The van der Waals surface area contributed by atoms with Crippen LogP contribution in [-0.2, 0) is 13.2 Å². The predicted molar refractivity (Wildman–Crippen MR) is 102 cm³/mol. The van der Waals surface area contributed by atoms with Gasteiger partial charge in [-0.2, -0.15) is 5.10 Å². The number of hydrogen-bond acceptors (Lipinski definition) is 4. The third-order valence-electron chi connectivity index (χ3n) is 3.93. The molecule has 7 heteroatoms. The highest BCUT2D eigenvalue weighted by Gasteiger charge is 2.08. The van der Waals surface area contributed by atoms with Crippen LogP contribution in [0.1, 0.15) is 22.5 Å². The Labute approximate surface area is 156 Å². The highest BCUT2D eigenvalue weighted by Crippen LogP contribution is 2.24. The Bertz CT molecular complexity index is 935. The van der Waals surface area contributed by atoms with Gasteiger partial charge in [0.05, 0.1) is 6.54 Å². The number of benzene rings is 2. The quantitative estimate of drug-likeness (QED) is 0.622. The molecule has 130 valence electrons. The van der Waals surface area contributed by atoms with E-state index >= 15 is 0 Å². The van der Waals surface area contributed by atoms with Gasteiger partial charge in [0.2, 0.25) is 4.77 Å². The molecule has 3 aromatic rings. The maximum Gasteiger partial charge on any atom is 0.214 e. The summed E-state index contributed by atoms with van der Waals surface area (Å²) in [7, 11) is 0. The van der Waals surface area contributed by atoms with Gasteiger partial charge in [-0.05, 0) is 55.4 Å². The standard InChI is InChI=1S/C18H19ClN4OS/c1-12-5-3-4-6-14(12)11-24-17-8-7-16(19)9-15(17)10-20-23-13(2)21-22-18(23)25/h3-9,20H,10-11H2,1-2H3,(H,22,25). The second-order valence-corrected chi connectivity index (χ2v) is 6.54. The van der Waals surface area contributed by atoms with Crippen LogP contribution < -0.4 is 10.2 Å². The topological polar surface area (TPSA) is 54.9 Å². The molecule has 0 unspecified atom stereocenters. The highest BCUT2D eigenvalue weighted by molar-refractivity contribution is 7.71. The van der Waals surface area contributed by atoms with Crippen LogP contribution in [0.5, 0.6) is 5.75 Å². The van der Waals surface area contributed by atoms with Crippen molar-refractivity contribution in [3.63, 3.8) is 0 Å². The molecule has 0 radical (unpaired) electrons. The molecule has 25 heavy (non-hydrogen) atoms. The fourth-order valence-corrected chi connectivity index (χ4v) is 2.92. The molecule has 0 aliphatic carbocycles. The van der Waals surface area contributed by atoms with Crippen LogP contribution in [0.3, 0.4) is 0 Å². The summed E-state index contributed by atoms with van der Waals surface area (Å²) in [5, 5.41) is 7.49. The molecule has 3 rings (SSSR count). The molecule has 0 atom stereocenters. The van der Waals surface area contributed by atoms with Crippen LogP contribution in [-0.4, -0.2) is 14.9 Å². The SMILES string of the molecule is Cc1ccccc1COc1ccc(Cl)cc1CNn1c(C)n[nH]c1=S. The lowest BCUT2D eigenvalue weighted by Crippen LogP contribution is -2.16. The average molecular weight is 375 g/mol. The normalized spacial score (nSPS) is 10.7. The van der Waals surface area contributed by atoms with Crippen LogP contribution in [0.2, 0.25) is 5.02 Å². The number of H-pyrrole nitrogens is 1. The number of ether oxygens (including phenoxy) is 1. The molecule has 0 fully saturated rings. The zero-order chi connectivity index (χ0) is 17.8. The van der Waals surface area contributed by atoms with Gasteiger partial charge in [0.1, 0.15) is 18.2 Å². The summed E-state index contributed by atoms with van der Waals surface area (Å²) in [6.07, 6.45) is 0. The summed E-state index contributed by atoms with van der Waals surface area (Å²) in [5.74, 6) is 1.54. The van der Waals surface area contributed by atoms with Crippen LogP contribution in [0.4, 0.5) is 0 Å². The number of halogens is 1. The van der Waals surface area contributed by atoms with Crippen molar-refractivity contribution in [2.75, 3.05) is 5.43 Å². The van der Waals surface area contributed by atoms with Gasteiger partial charge in [0.15, 0.2) is 0 Å². The van der Waals surface area contributed by atoms with Gasteiger partial charge < -0.3 is 10.2 Å². The van der Waals surface area contributed by atoms with Crippen molar-refractivity contribution in [2.24, 2.45) is 0 Å². The summed E-state index contributed by atoms with van der Waals surface area (Å²) in [4.78, 5) is 0. The second-order valence-electron chi connectivity index (χ2n) is 5.71. The maximum atomic E-state index is 6.15. The molecule has 0 aliphatic heterocycles. The zero-order valence-corrected chi connectivity index (χ0v) is 15.6. The minimum absolute atomic E-state index is 0.505. The number of hydrogen-bond donors (Lipinski definition) is 2. The van der Waals surface area contributed by atoms with E-state index in [0.717, 1.165) is 22.7 Å². The number of rotatable bonds is 6. The molecule has 0 saturated heterocycles. The third kappa shape index (κ3) is 4.21. The molecule has 0 bridgehead atoms. The Hall–Kier alpha value is -2.31. The zero-order valence-electron chi connectivity index (χ0n) is 14.0. The van der Waals surface area contributed by atoms with Gasteiger partial charge >= 0.3 is 0 Å². The molecule has 0 saturated carbocycles. The monoisotopic (exact) mass is 374 g/mol. The van der Waals surface area contributed by atoms with Crippen molar-refractivity contribution in [1.82, 2.24) is 14.9 Å². The Balaban J connectivity index is 1.76. The Kier molecular flexibility index (Phi) is 5.40. The summed E-state index contributed by atoms with van der Waals surface area (Å²) in [5.41, 5.74) is 6.54. The lowest BCUT2D eigenvalue weighted by molar-refractivity contribution is 0.302. The molecule has 0 spiro atoms. The first-order valence-electron chi connectivity index (χ1n) is 7.88. The minimum Gasteiger partial charge on any atom is -0.489 e. The molecule has 0 aliphatic rings. The average Bonchev–Trinajstić information content (AvgIpc) is 2.91. The smallest absolute Gasteiger partial charge is 0.214 e. The van der Waals surface area contributed by atoms with E-state index in [1.165, 1.54) is 5.56 Å². The van der Waals surface area contributed by atoms with E-state index in [4.69, 9.17) is 28.6 Å². The molecule has 1 aromatic heterocycles. The van der Waals surface area contributed by atoms with Gasteiger partial charge in [-0.25, -0.2) is 4.68 Å². The molecule has 1 heterocycles. The van der Waals surface area contributed by atoms with Gasteiger partial charge in [-0.1, -0.05) is 35.9 Å². The van der Waals surface area contributed by atoms with E-state index in [1.807, 2.05) is 37.3 Å². The van der Waals surface area contributed by atoms with Crippen LogP contribution in [0, 0.1) is 18.6 Å². The predicted octanol–water partition coefficient (Wildman–Crippen LogP) is 4.53. The van der Waals surface area contributed by atoms with E-state index < -0.39 is 0 Å². The number of aromatic amines is 1. The Morgan fingerprint density at radius 3 is 2.72 bits per heavy atom. The lowest BCUT2D eigenvalue weighted by atomic mass is 10.1. The first-order chi connectivity index (χ1) is 12.0. The summed E-state index contributed by atoms with van der Waals surface area (Å²) < 4.78 is 8.27. The summed E-state index contributed by atoms with van der Waals surface area (Å²) in [6.45, 7) is 4.96. The summed E-state index contributed by atoms with van der Waals surface area (Å²) in [6, 6.07) is 13.8.